The molecule has 202 valence electrons. The minimum atomic E-state index is -4.40. The molecule has 2 aromatic carbocycles. The van der Waals surface area contributed by atoms with Crippen LogP contribution >= 0.6 is 0 Å². The van der Waals surface area contributed by atoms with Crippen molar-refractivity contribution in [2.24, 2.45) is 5.73 Å². The lowest BCUT2D eigenvalue weighted by molar-refractivity contribution is -0.384. The van der Waals surface area contributed by atoms with E-state index in [0.717, 1.165) is 17.7 Å². The monoisotopic (exact) mass is 544 g/mol. The van der Waals surface area contributed by atoms with Crippen molar-refractivity contribution in [2.75, 3.05) is 20.2 Å². The van der Waals surface area contributed by atoms with Gasteiger partial charge in [-0.2, -0.15) is 8.42 Å². The second-order valence-electron chi connectivity index (χ2n) is 8.46. The fraction of sp³-hybridized carbons (Fsp3) is 0.280. The average molecular weight is 545 g/mol. The number of nitrogens with two attached hydrogens (primary N) is 1. The molecule has 1 atom stereocenters. The maximum Gasteiger partial charge on any atom is 0.336 e. The number of nitro groups is 1. The summed E-state index contributed by atoms with van der Waals surface area (Å²) < 4.78 is 36.7. The summed E-state index contributed by atoms with van der Waals surface area (Å²) in [6.45, 7) is 4.87. The Morgan fingerprint density at radius 3 is 2.29 bits per heavy atom. The Labute approximate surface area is 219 Å². The van der Waals surface area contributed by atoms with E-state index < -0.39 is 32.8 Å². The number of allylic oxidation sites excluding steroid dienone is 2. The third-order valence-corrected chi connectivity index (χ3v) is 7.14. The zero-order valence-electron chi connectivity index (χ0n) is 21.3. The van der Waals surface area contributed by atoms with Crippen molar-refractivity contribution in [2.45, 2.75) is 31.6 Å². The lowest BCUT2D eigenvalue weighted by atomic mass is 9.79. The highest BCUT2D eigenvalue weighted by Crippen LogP contribution is 2.43. The molecular formula is C25H28N4O8S. The molecule has 0 bridgehead atoms. The van der Waals surface area contributed by atoms with Crippen LogP contribution < -0.4 is 11.1 Å². The quantitative estimate of drug-likeness (QED) is 0.271. The van der Waals surface area contributed by atoms with Crippen molar-refractivity contribution in [1.29, 1.82) is 0 Å². The molecule has 1 amide bonds. The van der Waals surface area contributed by atoms with Gasteiger partial charge in [-0.05, 0) is 38.5 Å². The van der Waals surface area contributed by atoms with Gasteiger partial charge in [0.05, 0.1) is 45.4 Å². The van der Waals surface area contributed by atoms with Gasteiger partial charge in [0.2, 0.25) is 5.91 Å². The van der Waals surface area contributed by atoms with Crippen LogP contribution in [-0.4, -0.2) is 50.5 Å². The summed E-state index contributed by atoms with van der Waals surface area (Å²) in [7, 11) is -3.27. The van der Waals surface area contributed by atoms with Gasteiger partial charge >= 0.3 is 16.1 Å². The smallest absolute Gasteiger partial charge is 0.336 e. The number of hydrogen-bond acceptors (Lipinski definition) is 10. The lowest BCUT2D eigenvalue weighted by Gasteiger charge is -2.36. The number of nitro benzene ring substituents is 1. The van der Waals surface area contributed by atoms with Crippen LogP contribution in [0.15, 0.2) is 76.0 Å². The largest absolute Gasteiger partial charge is 0.466 e. The van der Waals surface area contributed by atoms with Crippen LogP contribution in [-0.2, 0) is 28.7 Å². The van der Waals surface area contributed by atoms with Crippen LogP contribution in [0.2, 0.25) is 0 Å². The molecule has 0 radical (unpaired) electrons. The topological polar surface area (TPSA) is 171 Å². The van der Waals surface area contributed by atoms with E-state index >= 15 is 0 Å². The summed E-state index contributed by atoms with van der Waals surface area (Å²) in [6, 6.07) is 11.4. The minimum absolute atomic E-state index is 0.0249. The van der Waals surface area contributed by atoms with E-state index in [1.54, 1.807) is 19.1 Å². The van der Waals surface area contributed by atoms with Gasteiger partial charge in [-0.1, -0.05) is 29.8 Å². The highest BCUT2D eigenvalue weighted by atomic mass is 32.2. The number of carbonyl (C=O) groups excluding carboxylic acids is 2. The van der Waals surface area contributed by atoms with Crippen molar-refractivity contribution >= 4 is 27.7 Å². The molecule has 12 nitrogen and oxygen atoms in total. The van der Waals surface area contributed by atoms with Crippen molar-refractivity contribution in [3.8, 4) is 0 Å². The van der Waals surface area contributed by atoms with Gasteiger partial charge in [-0.25, -0.2) is 9.86 Å². The molecule has 1 unspecified atom stereocenters. The zero-order chi connectivity index (χ0) is 28.2. The van der Waals surface area contributed by atoms with E-state index in [9.17, 15) is 28.1 Å². The zero-order valence-corrected chi connectivity index (χ0v) is 22.1. The van der Waals surface area contributed by atoms with Crippen LogP contribution in [0.3, 0.4) is 0 Å². The lowest BCUT2D eigenvalue weighted by Crippen LogP contribution is -2.40. The summed E-state index contributed by atoms with van der Waals surface area (Å²) in [5.41, 5.74) is 6.25. The number of hydrogen-bond donors (Lipinski definition) is 2. The number of esters is 1. The first-order chi connectivity index (χ1) is 17.9. The normalized spacial score (nSPS) is 15.9. The SMILES string of the molecule is COC(=O)C1=C(C)N(OS(=O)(=O)c2ccc(C)cc2)C(C)=C(C(=O)NCCN)C1c1cccc([N+](=O)[O-])c1. The van der Waals surface area contributed by atoms with Crippen LogP contribution in [0.5, 0.6) is 0 Å². The Balaban J connectivity index is 2.26. The molecule has 13 heteroatoms. The predicted molar refractivity (Wildman–Crippen MR) is 137 cm³/mol. The van der Waals surface area contributed by atoms with Gasteiger partial charge in [-0.15, -0.1) is 4.28 Å². The molecule has 0 spiro atoms. The number of amides is 1. The summed E-state index contributed by atoms with van der Waals surface area (Å²) in [5, 5.41) is 15.0. The van der Waals surface area contributed by atoms with Crippen molar-refractivity contribution in [1.82, 2.24) is 10.4 Å². The Hall–Kier alpha value is -4.07. The number of carbonyl (C=O) groups is 2. The number of non-ortho nitro benzene ring substituents is 1. The standard InChI is InChI=1S/C25H28N4O8S/c1-15-8-10-20(11-9-15)38(34,35)37-28-16(2)21(24(30)27-13-12-26)23(22(17(28)3)25(31)36-4)18-6-5-7-19(14-18)29(32)33/h5-11,14,23H,12-13,26H2,1-4H3,(H,27,30). The van der Waals surface area contributed by atoms with Crippen LogP contribution in [0.1, 0.15) is 30.9 Å². The first-order valence-electron chi connectivity index (χ1n) is 11.5. The number of rotatable bonds is 9. The van der Waals surface area contributed by atoms with Crippen LogP contribution in [0, 0.1) is 17.0 Å². The maximum atomic E-state index is 13.4. The molecule has 1 aliphatic heterocycles. The van der Waals surface area contributed by atoms with Crippen LogP contribution in [0.25, 0.3) is 0 Å². The van der Waals surface area contributed by atoms with Gasteiger partial charge < -0.3 is 15.8 Å². The Morgan fingerprint density at radius 2 is 1.71 bits per heavy atom. The average Bonchev–Trinajstić information content (AvgIpc) is 2.89. The van der Waals surface area contributed by atoms with Gasteiger partial charge in [0.15, 0.2) is 0 Å². The summed E-state index contributed by atoms with van der Waals surface area (Å²) in [6.07, 6.45) is 0. The molecule has 3 rings (SSSR count). The molecule has 0 saturated carbocycles. The molecule has 1 heterocycles. The molecule has 0 aliphatic carbocycles. The first kappa shape index (κ1) is 28.5. The fourth-order valence-corrected chi connectivity index (χ4v) is 5.07. The first-order valence-corrected chi connectivity index (χ1v) is 12.9. The number of methoxy groups -OCH3 is 1. The fourth-order valence-electron chi connectivity index (χ4n) is 4.09. The van der Waals surface area contributed by atoms with E-state index in [0.29, 0.717) is 0 Å². The molecule has 0 aromatic heterocycles. The molecule has 0 saturated heterocycles. The van der Waals surface area contributed by atoms with E-state index in [1.165, 1.54) is 50.2 Å². The molecular weight excluding hydrogens is 516 g/mol. The second kappa shape index (κ2) is 11.5. The maximum absolute atomic E-state index is 13.4. The molecule has 38 heavy (non-hydrogen) atoms. The van der Waals surface area contributed by atoms with E-state index in [-0.39, 0.29) is 51.8 Å². The Bertz CT molecular complexity index is 1430. The van der Waals surface area contributed by atoms with Gasteiger partial charge in [0, 0.05) is 25.2 Å². The number of benzene rings is 2. The summed E-state index contributed by atoms with van der Waals surface area (Å²) in [5.74, 6) is -2.68. The number of hydroxylamine groups is 2. The van der Waals surface area contributed by atoms with E-state index in [4.69, 9.17) is 14.8 Å². The van der Waals surface area contributed by atoms with Gasteiger partial charge in [0.1, 0.15) is 0 Å². The minimum Gasteiger partial charge on any atom is -0.466 e. The molecule has 0 fully saturated rings. The number of aryl methyl sites for hydroxylation is 1. The highest BCUT2D eigenvalue weighted by molar-refractivity contribution is 7.86. The summed E-state index contributed by atoms with van der Waals surface area (Å²) >= 11 is 0. The third kappa shape index (κ3) is 5.74. The van der Waals surface area contributed by atoms with Gasteiger partial charge in [0.25, 0.3) is 5.69 Å². The second-order valence-corrected chi connectivity index (χ2v) is 9.98. The third-order valence-electron chi connectivity index (χ3n) is 5.94. The van der Waals surface area contributed by atoms with Crippen molar-refractivity contribution in [3.63, 3.8) is 0 Å². The molecule has 2 aromatic rings. The number of nitrogens with zero attached hydrogens (tertiary/aromatic N) is 2. The Morgan fingerprint density at radius 1 is 1.08 bits per heavy atom. The van der Waals surface area contributed by atoms with E-state index in [1.807, 2.05) is 0 Å². The molecule has 1 aliphatic rings. The van der Waals surface area contributed by atoms with E-state index in [2.05, 4.69) is 5.32 Å². The van der Waals surface area contributed by atoms with Crippen molar-refractivity contribution in [3.05, 3.63) is 92.3 Å². The Kier molecular flexibility index (Phi) is 8.66. The van der Waals surface area contributed by atoms with Crippen LogP contribution in [0.4, 0.5) is 5.69 Å². The predicted octanol–water partition coefficient (Wildman–Crippen LogP) is 2.42. The highest BCUT2D eigenvalue weighted by Gasteiger charge is 2.42. The van der Waals surface area contributed by atoms with Crippen molar-refractivity contribution < 1.29 is 32.0 Å². The number of nitrogens with one attached hydrogen (secondary N) is 1. The number of ether oxygens (including phenoxy) is 1. The van der Waals surface area contributed by atoms with Gasteiger partial charge in [-0.3, -0.25) is 14.9 Å². The molecule has 3 N–H and O–H groups in total. The summed E-state index contributed by atoms with van der Waals surface area (Å²) in [4.78, 5) is 37.2.